The molecule has 0 spiro atoms. The second-order valence-corrected chi connectivity index (χ2v) is 4.80. The van der Waals surface area contributed by atoms with Gasteiger partial charge in [-0.25, -0.2) is 4.79 Å². The lowest BCUT2D eigenvalue weighted by Gasteiger charge is -2.09. The second-order valence-electron chi connectivity index (χ2n) is 3.39. The van der Waals surface area contributed by atoms with Crippen molar-refractivity contribution >= 4 is 27.7 Å². The first kappa shape index (κ1) is 12.4. The molecule has 0 unspecified atom stereocenters. The topological polar surface area (TPSA) is 52.7 Å². The molecule has 0 aliphatic carbocycles. The fraction of sp³-hybridized carbons (Fsp3) is 0.300. The molecule has 0 aliphatic rings. The molecule has 0 aliphatic heterocycles. The lowest BCUT2D eigenvalue weighted by molar-refractivity contribution is 0.692. The maximum atomic E-state index is 11.8. The van der Waals surface area contributed by atoms with Gasteiger partial charge in [0, 0.05) is 22.8 Å². The number of hydrogen-bond acceptors (Lipinski definition) is 4. The van der Waals surface area contributed by atoms with Gasteiger partial charge in [-0.3, -0.25) is 0 Å². The van der Waals surface area contributed by atoms with Gasteiger partial charge in [-0.05, 0) is 28.8 Å². The summed E-state index contributed by atoms with van der Waals surface area (Å²) >= 11 is 5.09. The number of rotatable bonds is 3. The van der Waals surface area contributed by atoms with Crippen LogP contribution in [0.15, 0.2) is 27.9 Å². The molecular formula is C10H11BrN4OS. The Morgan fingerprint density at radius 1 is 1.41 bits per heavy atom. The number of nitrogens with zero attached hydrogens (tertiary/aromatic N) is 4. The van der Waals surface area contributed by atoms with Gasteiger partial charge in [0.25, 0.3) is 0 Å². The van der Waals surface area contributed by atoms with E-state index in [1.54, 1.807) is 18.8 Å². The van der Waals surface area contributed by atoms with E-state index in [-0.39, 0.29) is 5.69 Å². The summed E-state index contributed by atoms with van der Waals surface area (Å²) in [6.07, 6.45) is 2.00. The van der Waals surface area contributed by atoms with E-state index in [9.17, 15) is 4.79 Å². The highest BCUT2D eigenvalue weighted by Crippen LogP contribution is 2.27. The molecule has 90 valence electrons. The van der Waals surface area contributed by atoms with Gasteiger partial charge in [0.15, 0.2) is 0 Å². The molecule has 0 amide bonds. The molecule has 0 N–H and O–H groups in total. The highest BCUT2D eigenvalue weighted by molar-refractivity contribution is 9.08. The van der Waals surface area contributed by atoms with Crippen LogP contribution < -0.4 is 5.69 Å². The number of benzene rings is 1. The molecule has 7 heteroatoms. The van der Waals surface area contributed by atoms with Crippen LogP contribution in [0.4, 0.5) is 0 Å². The van der Waals surface area contributed by atoms with Gasteiger partial charge in [0.1, 0.15) is 0 Å². The van der Waals surface area contributed by atoms with Gasteiger partial charge < -0.3 is 0 Å². The van der Waals surface area contributed by atoms with Gasteiger partial charge >= 0.3 is 5.69 Å². The summed E-state index contributed by atoms with van der Waals surface area (Å²) in [7, 11) is 1.58. The van der Waals surface area contributed by atoms with Crippen molar-refractivity contribution in [2.45, 2.75) is 10.2 Å². The van der Waals surface area contributed by atoms with E-state index >= 15 is 0 Å². The summed E-state index contributed by atoms with van der Waals surface area (Å²) in [5.74, 6) is 0. The Morgan fingerprint density at radius 2 is 2.18 bits per heavy atom. The predicted octanol–water partition coefficient (Wildman–Crippen LogP) is 1.58. The Bertz CT molecular complexity index is 592. The van der Waals surface area contributed by atoms with E-state index in [1.165, 1.54) is 9.36 Å². The largest absolute Gasteiger partial charge is 0.368 e. The van der Waals surface area contributed by atoms with E-state index in [0.29, 0.717) is 5.33 Å². The molecule has 0 saturated carbocycles. The number of alkyl halides is 1. The molecule has 5 nitrogen and oxygen atoms in total. The summed E-state index contributed by atoms with van der Waals surface area (Å²) in [6, 6.07) is 5.80. The van der Waals surface area contributed by atoms with Gasteiger partial charge in [0.2, 0.25) is 0 Å². The molecule has 1 aromatic heterocycles. The van der Waals surface area contributed by atoms with E-state index in [4.69, 9.17) is 0 Å². The first-order chi connectivity index (χ1) is 8.19. The standard InChI is InChI=1S/C10H11BrN4OS/c1-14-10(16)15(13-12-14)8-4-3-5-9(17-2)7(8)6-11/h3-5H,6H2,1-2H3. The fourth-order valence-corrected chi connectivity index (χ4v) is 2.96. The number of halogens is 1. The summed E-state index contributed by atoms with van der Waals surface area (Å²) in [4.78, 5) is 12.9. The van der Waals surface area contributed by atoms with Crippen molar-refractivity contribution in [2.24, 2.45) is 7.05 Å². The third-order valence-corrected chi connectivity index (χ3v) is 3.79. The van der Waals surface area contributed by atoms with E-state index in [0.717, 1.165) is 16.1 Å². The van der Waals surface area contributed by atoms with Crippen LogP contribution in [0.5, 0.6) is 0 Å². The van der Waals surface area contributed by atoms with Crippen molar-refractivity contribution in [3.05, 3.63) is 34.2 Å². The van der Waals surface area contributed by atoms with Crippen LogP contribution in [-0.2, 0) is 12.4 Å². The number of hydrogen-bond donors (Lipinski definition) is 0. The number of thioether (sulfide) groups is 1. The van der Waals surface area contributed by atoms with E-state index < -0.39 is 0 Å². The van der Waals surface area contributed by atoms with Crippen LogP contribution in [0.2, 0.25) is 0 Å². The van der Waals surface area contributed by atoms with Crippen LogP contribution in [0, 0.1) is 0 Å². The predicted molar refractivity (Wildman–Crippen MR) is 71.0 cm³/mol. The second kappa shape index (κ2) is 5.05. The Hall–Kier alpha value is -1.08. The van der Waals surface area contributed by atoms with Gasteiger partial charge in [-0.1, -0.05) is 22.0 Å². The summed E-state index contributed by atoms with van der Waals surface area (Å²) in [5.41, 5.74) is 1.57. The molecule has 1 heterocycles. The van der Waals surface area contributed by atoms with Crippen molar-refractivity contribution in [1.29, 1.82) is 0 Å². The van der Waals surface area contributed by atoms with Gasteiger partial charge in [0.05, 0.1) is 5.69 Å². The van der Waals surface area contributed by atoms with Gasteiger partial charge in [-0.2, -0.15) is 9.36 Å². The lowest BCUT2D eigenvalue weighted by atomic mass is 10.2. The van der Waals surface area contributed by atoms with Crippen LogP contribution in [0.3, 0.4) is 0 Å². The summed E-state index contributed by atoms with van der Waals surface area (Å²) in [5, 5.41) is 8.24. The molecule has 0 radical (unpaired) electrons. The molecule has 2 aromatic rings. The maximum Gasteiger partial charge on any atom is 0.368 e. The molecule has 0 bridgehead atoms. The SMILES string of the molecule is CSc1cccc(-n2nnn(C)c2=O)c1CBr. The van der Waals surface area contributed by atoms with Crippen LogP contribution >= 0.6 is 27.7 Å². The summed E-state index contributed by atoms with van der Waals surface area (Å²) < 4.78 is 2.53. The third-order valence-electron chi connectivity index (χ3n) is 2.41. The van der Waals surface area contributed by atoms with Crippen LogP contribution in [-0.4, -0.2) is 26.0 Å². The highest BCUT2D eigenvalue weighted by Gasteiger charge is 2.12. The average molecular weight is 315 g/mol. The molecule has 0 saturated heterocycles. The lowest BCUT2D eigenvalue weighted by Crippen LogP contribution is -2.22. The van der Waals surface area contributed by atoms with Crippen molar-refractivity contribution in [3.8, 4) is 5.69 Å². The Morgan fingerprint density at radius 3 is 2.71 bits per heavy atom. The zero-order chi connectivity index (χ0) is 12.4. The van der Waals surface area contributed by atoms with Crippen LogP contribution in [0.25, 0.3) is 5.69 Å². The quantitative estimate of drug-likeness (QED) is 0.637. The Kier molecular flexibility index (Phi) is 3.68. The van der Waals surface area contributed by atoms with Crippen molar-refractivity contribution in [1.82, 2.24) is 19.8 Å². The van der Waals surface area contributed by atoms with Crippen molar-refractivity contribution < 1.29 is 0 Å². The smallest absolute Gasteiger partial charge is 0.244 e. The van der Waals surface area contributed by atoms with E-state index in [1.807, 2.05) is 24.5 Å². The van der Waals surface area contributed by atoms with Crippen molar-refractivity contribution in [2.75, 3.05) is 6.26 Å². The highest BCUT2D eigenvalue weighted by atomic mass is 79.9. The van der Waals surface area contributed by atoms with Gasteiger partial charge in [-0.15, -0.1) is 11.8 Å². The fourth-order valence-electron chi connectivity index (χ4n) is 1.54. The van der Waals surface area contributed by atoms with Crippen LogP contribution in [0.1, 0.15) is 5.56 Å². The minimum Gasteiger partial charge on any atom is -0.244 e. The van der Waals surface area contributed by atoms with E-state index in [2.05, 4.69) is 26.4 Å². The Labute approximate surface area is 111 Å². The monoisotopic (exact) mass is 314 g/mol. The minimum absolute atomic E-state index is 0.245. The third kappa shape index (κ3) is 2.16. The maximum absolute atomic E-state index is 11.8. The zero-order valence-corrected chi connectivity index (χ0v) is 11.8. The normalized spacial score (nSPS) is 10.8. The molecule has 0 atom stereocenters. The molecule has 1 aromatic carbocycles. The minimum atomic E-state index is -0.245. The average Bonchev–Trinajstić information content (AvgIpc) is 2.69. The first-order valence-electron chi connectivity index (χ1n) is 4.90. The number of tetrazole rings is 1. The zero-order valence-electron chi connectivity index (χ0n) is 9.42. The molecule has 17 heavy (non-hydrogen) atoms. The Balaban J connectivity index is 2.67. The molecule has 2 rings (SSSR count). The van der Waals surface area contributed by atoms with Crippen molar-refractivity contribution in [3.63, 3.8) is 0 Å². The first-order valence-corrected chi connectivity index (χ1v) is 7.25. The molecular weight excluding hydrogens is 304 g/mol. The summed E-state index contributed by atoms with van der Waals surface area (Å²) in [6.45, 7) is 0. The number of aromatic nitrogens is 4. The molecule has 0 fully saturated rings. The number of aryl methyl sites for hydroxylation is 1.